The van der Waals surface area contributed by atoms with Crippen LogP contribution < -0.4 is 10.7 Å². The molecule has 2 N–H and O–H groups in total. The van der Waals surface area contributed by atoms with Crippen LogP contribution in [0.4, 0.5) is 0 Å². The molecule has 0 saturated heterocycles. The number of pyridine rings is 1. The van der Waals surface area contributed by atoms with Crippen LogP contribution in [-0.4, -0.2) is 16.9 Å². The van der Waals surface area contributed by atoms with Crippen molar-refractivity contribution in [1.82, 2.24) is 10.3 Å². The second-order valence-corrected chi connectivity index (χ2v) is 4.31. The monoisotopic (exact) mass is 231 g/mol. The summed E-state index contributed by atoms with van der Waals surface area (Å²) in [5.74, 6) is -0.238. The highest BCUT2D eigenvalue weighted by atomic mass is 16.2. The molecule has 0 bridgehead atoms. The first-order valence-corrected chi connectivity index (χ1v) is 5.51. The van der Waals surface area contributed by atoms with E-state index in [9.17, 15) is 9.59 Å². The molecule has 1 aliphatic carbocycles. The topological polar surface area (TPSA) is 85.8 Å². The predicted molar refractivity (Wildman–Crippen MR) is 61.4 cm³/mol. The van der Waals surface area contributed by atoms with Crippen LogP contribution in [0.2, 0.25) is 0 Å². The van der Waals surface area contributed by atoms with E-state index in [0.29, 0.717) is 5.69 Å². The highest BCUT2D eigenvalue weighted by Gasteiger charge is 2.32. The van der Waals surface area contributed by atoms with E-state index in [2.05, 4.69) is 16.4 Å². The van der Waals surface area contributed by atoms with Gasteiger partial charge in [-0.25, -0.2) is 0 Å². The quantitative estimate of drug-likeness (QED) is 0.803. The number of hydrogen-bond donors (Lipinski definition) is 2. The number of rotatable bonds is 3. The van der Waals surface area contributed by atoms with E-state index in [-0.39, 0.29) is 16.9 Å². The first-order valence-electron chi connectivity index (χ1n) is 5.51. The van der Waals surface area contributed by atoms with E-state index in [1.165, 1.54) is 12.3 Å². The standard InChI is InChI=1S/C12H13N3O2/c1-7-4-11(16)9(6-14-7)12(17)15-10(5-13)8-2-3-8/h4,6,8,10H,2-3H2,1H3,(H,14,16)(H,15,17). The second-order valence-electron chi connectivity index (χ2n) is 4.31. The van der Waals surface area contributed by atoms with Gasteiger partial charge in [-0.15, -0.1) is 0 Å². The minimum Gasteiger partial charge on any atom is -0.364 e. The van der Waals surface area contributed by atoms with Crippen LogP contribution in [0.1, 0.15) is 28.9 Å². The van der Waals surface area contributed by atoms with Crippen LogP contribution in [0.25, 0.3) is 0 Å². The molecule has 0 radical (unpaired) electrons. The number of hydrogen-bond acceptors (Lipinski definition) is 3. The Morgan fingerprint density at radius 2 is 2.35 bits per heavy atom. The molecule has 5 nitrogen and oxygen atoms in total. The molecule has 1 fully saturated rings. The van der Waals surface area contributed by atoms with Crippen LogP contribution in [0.3, 0.4) is 0 Å². The van der Waals surface area contributed by atoms with Crippen molar-refractivity contribution < 1.29 is 4.79 Å². The summed E-state index contributed by atoms with van der Waals surface area (Å²) in [6, 6.07) is 2.94. The van der Waals surface area contributed by atoms with Gasteiger partial charge in [0.15, 0.2) is 5.43 Å². The highest BCUT2D eigenvalue weighted by molar-refractivity contribution is 5.94. The smallest absolute Gasteiger partial charge is 0.257 e. The van der Waals surface area contributed by atoms with Crippen LogP contribution >= 0.6 is 0 Å². The summed E-state index contributed by atoms with van der Waals surface area (Å²) in [6.45, 7) is 1.74. The van der Waals surface area contributed by atoms with Crippen molar-refractivity contribution in [2.75, 3.05) is 0 Å². The Balaban J connectivity index is 2.14. The predicted octanol–water partition coefficient (Wildman–Crippen LogP) is 0.715. The number of H-pyrrole nitrogens is 1. The number of aromatic amines is 1. The lowest BCUT2D eigenvalue weighted by atomic mass is 10.2. The van der Waals surface area contributed by atoms with Gasteiger partial charge in [-0.3, -0.25) is 9.59 Å². The maximum absolute atomic E-state index is 11.8. The number of nitrogens with zero attached hydrogens (tertiary/aromatic N) is 1. The molecular formula is C12H13N3O2. The molecular weight excluding hydrogens is 218 g/mol. The van der Waals surface area contributed by atoms with Crippen LogP contribution in [-0.2, 0) is 0 Å². The first kappa shape index (κ1) is 11.4. The summed E-state index contributed by atoms with van der Waals surface area (Å²) in [5.41, 5.74) is 0.424. The fourth-order valence-corrected chi connectivity index (χ4v) is 1.65. The van der Waals surface area contributed by atoms with Crippen molar-refractivity contribution in [1.29, 1.82) is 5.26 Å². The summed E-state index contributed by atoms with van der Waals surface area (Å²) in [5, 5.41) is 11.5. The lowest BCUT2D eigenvalue weighted by Gasteiger charge is -2.09. The van der Waals surface area contributed by atoms with Gasteiger partial charge in [-0.05, 0) is 25.7 Å². The molecule has 1 aliphatic rings. The molecule has 17 heavy (non-hydrogen) atoms. The molecule has 1 saturated carbocycles. The van der Waals surface area contributed by atoms with Crippen molar-refractivity contribution in [3.05, 3.63) is 33.7 Å². The van der Waals surface area contributed by atoms with E-state index in [0.717, 1.165) is 12.8 Å². The van der Waals surface area contributed by atoms with Gasteiger partial charge in [0, 0.05) is 18.0 Å². The van der Waals surface area contributed by atoms with Crippen molar-refractivity contribution in [2.45, 2.75) is 25.8 Å². The number of carbonyl (C=O) groups excluding carboxylic acids is 1. The summed E-state index contributed by atoms with van der Waals surface area (Å²) >= 11 is 0. The van der Waals surface area contributed by atoms with Gasteiger partial charge >= 0.3 is 0 Å². The molecule has 0 aromatic carbocycles. The second kappa shape index (κ2) is 4.42. The average molecular weight is 231 g/mol. The van der Waals surface area contributed by atoms with E-state index in [1.54, 1.807) is 6.92 Å². The van der Waals surface area contributed by atoms with Gasteiger partial charge in [0.1, 0.15) is 11.6 Å². The molecule has 1 amide bonds. The molecule has 5 heteroatoms. The highest BCUT2D eigenvalue weighted by Crippen LogP contribution is 2.32. The fourth-order valence-electron chi connectivity index (χ4n) is 1.65. The zero-order valence-electron chi connectivity index (χ0n) is 9.49. The third kappa shape index (κ3) is 2.53. The lowest BCUT2D eigenvalue weighted by Crippen LogP contribution is -2.37. The first-order chi connectivity index (χ1) is 8.11. The third-order valence-corrected chi connectivity index (χ3v) is 2.82. The molecule has 88 valence electrons. The van der Waals surface area contributed by atoms with E-state index >= 15 is 0 Å². The Labute approximate surface area is 98.5 Å². The zero-order chi connectivity index (χ0) is 12.4. The van der Waals surface area contributed by atoms with Gasteiger partial charge in [0.05, 0.1) is 6.07 Å². The summed E-state index contributed by atoms with van der Waals surface area (Å²) in [4.78, 5) is 26.2. The van der Waals surface area contributed by atoms with Crippen LogP contribution in [0.15, 0.2) is 17.1 Å². The van der Waals surface area contributed by atoms with E-state index < -0.39 is 11.9 Å². The van der Waals surface area contributed by atoms with Crippen molar-refractivity contribution in [2.24, 2.45) is 5.92 Å². The van der Waals surface area contributed by atoms with Crippen molar-refractivity contribution >= 4 is 5.91 Å². The minimum atomic E-state index is -0.483. The normalized spacial score (nSPS) is 16.0. The molecule has 1 heterocycles. The molecule has 0 aliphatic heterocycles. The SMILES string of the molecule is Cc1cc(=O)c(C(=O)NC(C#N)C2CC2)c[nH]1. The van der Waals surface area contributed by atoms with Gasteiger partial charge in [0.25, 0.3) is 5.91 Å². The third-order valence-electron chi connectivity index (χ3n) is 2.82. The Hall–Kier alpha value is -2.09. The number of nitriles is 1. The Morgan fingerprint density at radius 1 is 1.65 bits per heavy atom. The number of aromatic nitrogens is 1. The Bertz CT molecular complexity index is 537. The summed E-state index contributed by atoms with van der Waals surface area (Å²) in [6.07, 6.45) is 3.31. The molecule has 1 atom stereocenters. The molecule has 1 aromatic heterocycles. The Kier molecular flexibility index (Phi) is 2.96. The van der Waals surface area contributed by atoms with Crippen LogP contribution in [0, 0.1) is 24.2 Å². The Morgan fingerprint density at radius 3 is 2.88 bits per heavy atom. The number of amides is 1. The van der Waals surface area contributed by atoms with Crippen molar-refractivity contribution in [3.63, 3.8) is 0 Å². The van der Waals surface area contributed by atoms with Gasteiger partial charge in [-0.2, -0.15) is 5.26 Å². The molecule has 0 spiro atoms. The zero-order valence-corrected chi connectivity index (χ0v) is 9.49. The van der Waals surface area contributed by atoms with Gasteiger partial charge in [-0.1, -0.05) is 0 Å². The van der Waals surface area contributed by atoms with Crippen LogP contribution in [0.5, 0.6) is 0 Å². The molecule has 1 aromatic rings. The van der Waals surface area contributed by atoms with Gasteiger partial charge in [0.2, 0.25) is 0 Å². The lowest BCUT2D eigenvalue weighted by molar-refractivity contribution is 0.0940. The minimum absolute atomic E-state index is 0.0523. The number of aryl methyl sites for hydroxylation is 1. The number of nitrogens with one attached hydrogen (secondary N) is 2. The molecule has 2 rings (SSSR count). The fraction of sp³-hybridized carbons (Fsp3) is 0.417. The molecule has 1 unspecified atom stereocenters. The summed E-state index contributed by atoms with van der Waals surface area (Å²) < 4.78 is 0. The maximum Gasteiger partial charge on any atom is 0.257 e. The van der Waals surface area contributed by atoms with Gasteiger partial charge < -0.3 is 10.3 Å². The number of carbonyl (C=O) groups is 1. The average Bonchev–Trinajstić information content (AvgIpc) is 3.09. The van der Waals surface area contributed by atoms with E-state index in [1.807, 2.05) is 0 Å². The van der Waals surface area contributed by atoms with E-state index in [4.69, 9.17) is 5.26 Å². The largest absolute Gasteiger partial charge is 0.364 e. The summed E-state index contributed by atoms with van der Waals surface area (Å²) in [7, 11) is 0. The van der Waals surface area contributed by atoms with Crippen molar-refractivity contribution in [3.8, 4) is 6.07 Å². The maximum atomic E-state index is 11.8.